The van der Waals surface area contributed by atoms with Gasteiger partial charge in [-0.1, -0.05) is 59.8 Å². The summed E-state index contributed by atoms with van der Waals surface area (Å²) in [5, 5.41) is 8.18. The zero-order valence-electron chi connectivity index (χ0n) is 21.6. The Bertz CT molecular complexity index is 743. The lowest BCUT2D eigenvalue weighted by Gasteiger charge is -2.26. The van der Waals surface area contributed by atoms with E-state index in [0.717, 1.165) is 24.7 Å². The molecule has 0 aromatic carbocycles. The Balaban J connectivity index is 2.82. The third-order valence-corrected chi connectivity index (χ3v) is 5.31. The van der Waals surface area contributed by atoms with Crippen molar-refractivity contribution >= 4 is 24.2 Å². The number of alkyl carbamates (subject to hydrolysis) is 1. The van der Waals surface area contributed by atoms with Crippen LogP contribution in [0.2, 0.25) is 0 Å². The molecule has 192 valence electrons. The minimum absolute atomic E-state index is 0.128. The summed E-state index contributed by atoms with van der Waals surface area (Å²) in [6.45, 7) is 11.9. The molecule has 1 aliphatic carbocycles. The highest BCUT2D eigenvalue weighted by molar-refractivity contribution is 5.92. The molecule has 0 saturated carbocycles. The Morgan fingerprint density at radius 1 is 0.853 bits per heavy atom. The monoisotopic (exact) mass is 477 g/mol. The van der Waals surface area contributed by atoms with E-state index >= 15 is 0 Å². The zero-order valence-corrected chi connectivity index (χ0v) is 21.6. The summed E-state index contributed by atoms with van der Waals surface area (Å²) >= 11 is 0. The first-order chi connectivity index (χ1) is 16.0. The van der Waals surface area contributed by atoms with Crippen molar-refractivity contribution in [3.8, 4) is 0 Å². The molecule has 0 heterocycles. The van der Waals surface area contributed by atoms with E-state index in [2.05, 4.69) is 16.0 Å². The predicted molar refractivity (Wildman–Crippen MR) is 133 cm³/mol. The molecule has 0 radical (unpaired) electrons. The van der Waals surface area contributed by atoms with Gasteiger partial charge in [0.05, 0.1) is 6.04 Å². The smallest absolute Gasteiger partial charge is 0.408 e. The first-order valence-corrected chi connectivity index (χ1v) is 12.4. The standard InChI is InChI=1S/C26H43N3O5/c1-17(2)12-21(15-30)27-24(31)22(13-18(3)4)28-25(32)23(14-19(5)6)29-26(33)34-16-20-10-8-7-9-11-20/h8,10-11,15,17-19,21-23H,7,9,12-14,16H2,1-6H3,(H,27,31)(H,28,32)(H,29,33)/t21-,22-,23-/m0/s1. The zero-order chi connectivity index (χ0) is 25.7. The van der Waals surface area contributed by atoms with Gasteiger partial charge in [-0.05, 0) is 55.4 Å². The average molecular weight is 478 g/mol. The second-order valence-corrected chi connectivity index (χ2v) is 10.2. The van der Waals surface area contributed by atoms with E-state index in [1.165, 1.54) is 0 Å². The van der Waals surface area contributed by atoms with Gasteiger partial charge in [-0.25, -0.2) is 4.79 Å². The van der Waals surface area contributed by atoms with E-state index in [1.54, 1.807) is 0 Å². The van der Waals surface area contributed by atoms with Crippen molar-refractivity contribution in [1.82, 2.24) is 16.0 Å². The molecule has 0 aliphatic heterocycles. The molecule has 3 N–H and O–H groups in total. The molecule has 3 amide bonds. The van der Waals surface area contributed by atoms with Gasteiger partial charge in [-0.15, -0.1) is 0 Å². The Hall–Kier alpha value is -2.64. The molecule has 0 saturated heterocycles. The molecule has 34 heavy (non-hydrogen) atoms. The van der Waals surface area contributed by atoms with Crippen LogP contribution in [0.3, 0.4) is 0 Å². The number of aldehydes is 1. The number of hydrogen-bond acceptors (Lipinski definition) is 5. The fourth-order valence-electron chi connectivity index (χ4n) is 3.73. The second kappa shape index (κ2) is 15.3. The molecular weight excluding hydrogens is 434 g/mol. The minimum Gasteiger partial charge on any atom is -0.445 e. The maximum Gasteiger partial charge on any atom is 0.408 e. The van der Waals surface area contributed by atoms with E-state index in [4.69, 9.17) is 4.74 Å². The van der Waals surface area contributed by atoms with Crippen LogP contribution in [0, 0.1) is 17.8 Å². The molecule has 1 aliphatic rings. The Morgan fingerprint density at radius 2 is 1.41 bits per heavy atom. The van der Waals surface area contributed by atoms with Crippen LogP contribution >= 0.6 is 0 Å². The van der Waals surface area contributed by atoms with Crippen LogP contribution in [0.4, 0.5) is 4.79 Å². The number of hydrogen-bond donors (Lipinski definition) is 3. The first kappa shape index (κ1) is 29.4. The summed E-state index contributed by atoms with van der Waals surface area (Å²) in [5.41, 5.74) is 0.922. The van der Waals surface area contributed by atoms with E-state index in [-0.39, 0.29) is 24.4 Å². The maximum absolute atomic E-state index is 13.1. The van der Waals surface area contributed by atoms with Gasteiger partial charge < -0.3 is 25.5 Å². The largest absolute Gasteiger partial charge is 0.445 e. The van der Waals surface area contributed by atoms with Gasteiger partial charge in [-0.3, -0.25) is 9.59 Å². The van der Waals surface area contributed by atoms with Gasteiger partial charge in [-0.2, -0.15) is 0 Å². The summed E-state index contributed by atoms with van der Waals surface area (Å²) in [6, 6.07) is -2.27. The highest BCUT2D eigenvalue weighted by Gasteiger charge is 2.29. The molecule has 0 spiro atoms. The number of rotatable bonds is 14. The summed E-state index contributed by atoms with van der Waals surface area (Å²) in [7, 11) is 0. The van der Waals surface area contributed by atoms with Gasteiger partial charge in [0.1, 0.15) is 25.0 Å². The number of carbonyl (C=O) groups is 4. The average Bonchev–Trinajstić information content (AvgIpc) is 2.76. The summed E-state index contributed by atoms with van der Waals surface area (Å²) in [6.07, 6.45) is 9.23. The van der Waals surface area contributed by atoms with E-state index in [0.29, 0.717) is 19.3 Å². The van der Waals surface area contributed by atoms with Crippen LogP contribution in [0.15, 0.2) is 23.8 Å². The number of nitrogens with one attached hydrogen (secondary N) is 3. The third-order valence-electron chi connectivity index (χ3n) is 5.31. The van der Waals surface area contributed by atoms with Crippen molar-refractivity contribution in [3.05, 3.63) is 23.8 Å². The number of allylic oxidation sites excluding steroid dienone is 2. The van der Waals surface area contributed by atoms with Crippen LogP contribution < -0.4 is 16.0 Å². The van der Waals surface area contributed by atoms with Crippen LogP contribution in [-0.4, -0.2) is 48.9 Å². The van der Waals surface area contributed by atoms with Crippen molar-refractivity contribution in [2.45, 2.75) is 91.8 Å². The second-order valence-electron chi connectivity index (χ2n) is 10.2. The van der Waals surface area contributed by atoms with Crippen molar-refractivity contribution in [2.24, 2.45) is 17.8 Å². The van der Waals surface area contributed by atoms with Crippen LogP contribution in [-0.2, 0) is 19.1 Å². The first-order valence-electron chi connectivity index (χ1n) is 12.4. The Labute approximate surface area is 204 Å². The van der Waals surface area contributed by atoms with Crippen LogP contribution in [0.5, 0.6) is 0 Å². The Morgan fingerprint density at radius 3 is 1.91 bits per heavy atom. The molecular formula is C26H43N3O5. The molecule has 0 aromatic heterocycles. The lowest BCUT2D eigenvalue weighted by Crippen LogP contribution is -2.55. The normalized spacial score (nSPS) is 16.0. The lowest BCUT2D eigenvalue weighted by atomic mass is 9.99. The fourth-order valence-corrected chi connectivity index (χ4v) is 3.73. The van der Waals surface area contributed by atoms with Gasteiger partial charge in [0.2, 0.25) is 11.8 Å². The summed E-state index contributed by atoms with van der Waals surface area (Å²) < 4.78 is 5.30. The molecule has 8 heteroatoms. The minimum atomic E-state index is -0.844. The number of amides is 3. The molecule has 0 fully saturated rings. The van der Waals surface area contributed by atoms with Crippen LogP contribution in [0.1, 0.15) is 73.6 Å². The molecule has 0 aromatic rings. The van der Waals surface area contributed by atoms with E-state index in [1.807, 2.05) is 59.8 Å². The van der Waals surface area contributed by atoms with E-state index < -0.39 is 36.0 Å². The van der Waals surface area contributed by atoms with Crippen molar-refractivity contribution in [3.63, 3.8) is 0 Å². The maximum atomic E-state index is 13.1. The topological polar surface area (TPSA) is 114 Å². The van der Waals surface area contributed by atoms with Gasteiger partial charge in [0, 0.05) is 0 Å². The van der Waals surface area contributed by atoms with Crippen molar-refractivity contribution in [1.29, 1.82) is 0 Å². The van der Waals surface area contributed by atoms with Gasteiger partial charge in [0.15, 0.2) is 0 Å². The van der Waals surface area contributed by atoms with Gasteiger partial charge in [0.25, 0.3) is 0 Å². The van der Waals surface area contributed by atoms with Gasteiger partial charge >= 0.3 is 6.09 Å². The number of ether oxygens (including phenoxy) is 1. The molecule has 0 unspecified atom stereocenters. The quantitative estimate of drug-likeness (QED) is 0.330. The summed E-state index contributed by atoms with van der Waals surface area (Å²) in [5.74, 6) is -0.354. The lowest BCUT2D eigenvalue weighted by molar-refractivity contribution is -0.131. The highest BCUT2D eigenvalue weighted by atomic mass is 16.5. The molecule has 3 atom stereocenters. The predicted octanol–water partition coefficient (Wildman–Crippen LogP) is 3.66. The SMILES string of the molecule is CC(C)C[C@@H](C=O)NC(=O)[C@H](CC(C)C)NC(=O)[C@H](CC(C)C)NC(=O)OCC1=CCCC=C1. The molecule has 8 nitrogen and oxygen atoms in total. The van der Waals surface area contributed by atoms with Crippen molar-refractivity contribution < 1.29 is 23.9 Å². The van der Waals surface area contributed by atoms with Crippen molar-refractivity contribution in [2.75, 3.05) is 6.61 Å². The third kappa shape index (κ3) is 12.0. The fraction of sp³-hybridized carbons (Fsp3) is 0.692. The molecule has 1 rings (SSSR count). The van der Waals surface area contributed by atoms with Crippen LogP contribution in [0.25, 0.3) is 0 Å². The summed E-state index contributed by atoms with van der Waals surface area (Å²) in [4.78, 5) is 49.8. The molecule has 0 bridgehead atoms. The van der Waals surface area contributed by atoms with E-state index in [9.17, 15) is 19.2 Å². The highest BCUT2D eigenvalue weighted by Crippen LogP contribution is 2.12. The Kier molecular flexibility index (Phi) is 13.2. The number of carbonyl (C=O) groups excluding carboxylic acids is 4.